The fourth-order valence-corrected chi connectivity index (χ4v) is 1.90. The summed E-state index contributed by atoms with van der Waals surface area (Å²) in [4.78, 5) is 18.1. The van der Waals surface area contributed by atoms with E-state index in [2.05, 4.69) is 25.9 Å². The van der Waals surface area contributed by atoms with Crippen molar-refractivity contribution in [3.05, 3.63) is 50.9 Å². The van der Waals surface area contributed by atoms with Gasteiger partial charge in [-0.25, -0.2) is 9.97 Å². The van der Waals surface area contributed by atoms with Crippen LogP contribution in [0.3, 0.4) is 0 Å². The monoisotopic (exact) mass is 337 g/mol. The van der Waals surface area contributed by atoms with Crippen LogP contribution in [-0.2, 0) is 0 Å². The maximum Gasteiger partial charge on any atom is 0.287 e. The number of aromatic nitrogens is 2. The molecule has 102 valence electrons. The molecule has 8 nitrogen and oxygen atoms in total. The molecule has 0 bridgehead atoms. The molecule has 0 saturated carbocycles. The zero-order valence-electron chi connectivity index (χ0n) is 9.91. The number of hydrogen-bond donors (Lipinski definition) is 2. The number of rotatable bonds is 4. The molecule has 0 saturated heterocycles. The summed E-state index contributed by atoms with van der Waals surface area (Å²) in [5.41, 5.74) is 5.28. The first-order valence-corrected chi connectivity index (χ1v) is 6.06. The summed E-state index contributed by atoms with van der Waals surface area (Å²) in [6, 6.07) is 4.33. The van der Waals surface area contributed by atoms with Crippen LogP contribution in [0, 0.1) is 15.5 Å². The van der Waals surface area contributed by atoms with Crippen LogP contribution in [0.4, 0.5) is 5.69 Å². The van der Waals surface area contributed by atoms with Gasteiger partial charge in [-0.2, -0.15) is 0 Å². The van der Waals surface area contributed by atoms with Crippen LogP contribution in [0.25, 0.3) is 0 Å². The van der Waals surface area contributed by atoms with Crippen molar-refractivity contribution >= 4 is 27.5 Å². The molecule has 0 aliphatic rings. The molecule has 0 unspecified atom stereocenters. The van der Waals surface area contributed by atoms with Crippen LogP contribution in [-0.4, -0.2) is 20.7 Å². The van der Waals surface area contributed by atoms with Crippen LogP contribution in [0.15, 0.2) is 35.1 Å². The molecule has 1 aromatic heterocycles. The van der Waals surface area contributed by atoms with Crippen molar-refractivity contribution in [1.29, 1.82) is 5.41 Å². The number of benzene rings is 1. The van der Waals surface area contributed by atoms with Gasteiger partial charge in [0.1, 0.15) is 10.3 Å². The number of ether oxygens (including phenoxy) is 1. The lowest BCUT2D eigenvalue weighted by molar-refractivity contribution is -0.385. The number of hydrogen-bond acceptors (Lipinski definition) is 6. The standard InChI is InChI=1S/C11H8BrN5O3/c12-8-6(17(18)19)2-1-3-7(8)20-11-9(10(13)14)15-4-5-16-11/h1-5H,(H3,13,14). The van der Waals surface area contributed by atoms with Crippen LogP contribution < -0.4 is 10.5 Å². The summed E-state index contributed by atoms with van der Waals surface area (Å²) in [7, 11) is 0. The number of nitro groups is 1. The normalized spacial score (nSPS) is 10.1. The predicted octanol–water partition coefficient (Wildman–Crippen LogP) is 2.22. The predicted molar refractivity (Wildman–Crippen MR) is 73.9 cm³/mol. The van der Waals surface area contributed by atoms with E-state index in [-0.39, 0.29) is 33.3 Å². The second kappa shape index (κ2) is 5.61. The van der Waals surface area contributed by atoms with E-state index in [0.717, 1.165) is 0 Å². The molecule has 0 aliphatic heterocycles. The Labute approximate surface area is 121 Å². The third kappa shape index (κ3) is 2.72. The average molecular weight is 338 g/mol. The topological polar surface area (TPSA) is 128 Å². The Kier molecular flexibility index (Phi) is 3.89. The lowest BCUT2D eigenvalue weighted by atomic mass is 10.3. The number of nitro benzene ring substituents is 1. The van der Waals surface area contributed by atoms with Gasteiger partial charge < -0.3 is 10.5 Å². The maximum atomic E-state index is 10.8. The van der Waals surface area contributed by atoms with Gasteiger partial charge in [-0.1, -0.05) is 6.07 Å². The Morgan fingerprint density at radius 1 is 1.40 bits per heavy atom. The highest BCUT2D eigenvalue weighted by Gasteiger charge is 2.18. The van der Waals surface area contributed by atoms with Gasteiger partial charge in [0.15, 0.2) is 11.4 Å². The SMILES string of the molecule is N=C(N)c1nccnc1Oc1cccc([N+](=O)[O-])c1Br. The highest BCUT2D eigenvalue weighted by atomic mass is 79.9. The van der Waals surface area contributed by atoms with Gasteiger partial charge in [-0.3, -0.25) is 15.5 Å². The molecule has 0 spiro atoms. The largest absolute Gasteiger partial charge is 0.435 e. The molecule has 0 aliphatic carbocycles. The van der Waals surface area contributed by atoms with Gasteiger partial charge in [0.2, 0.25) is 5.88 Å². The maximum absolute atomic E-state index is 10.8. The molecule has 2 aromatic rings. The Hall–Kier alpha value is -2.55. The van der Waals surface area contributed by atoms with E-state index in [1.807, 2.05) is 0 Å². The third-order valence-corrected chi connectivity index (χ3v) is 3.06. The van der Waals surface area contributed by atoms with Crippen molar-refractivity contribution in [3.63, 3.8) is 0 Å². The van der Waals surface area contributed by atoms with E-state index < -0.39 is 4.92 Å². The Morgan fingerprint density at radius 2 is 2.10 bits per heavy atom. The lowest BCUT2D eigenvalue weighted by Crippen LogP contribution is -2.15. The Bertz CT molecular complexity index is 692. The third-order valence-electron chi connectivity index (χ3n) is 2.27. The molecule has 0 radical (unpaired) electrons. The minimum Gasteiger partial charge on any atom is -0.435 e. The zero-order valence-corrected chi connectivity index (χ0v) is 11.5. The van der Waals surface area contributed by atoms with Gasteiger partial charge in [0.05, 0.1) is 4.92 Å². The first-order chi connectivity index (χ1) is 9.50. The Balaban J connectivity index is 2.43. The second-order valence-electron chi connectivity index (χ2n) is 3.57. The fourth-order valence-electron chi connectivity index (χ4n) is 1.41. The van der Waals surface area contributed by atoms with Crippen LogP contribution in [0.1, 0.15) is 5.69 Å². The van der Waals surface area contributed by atoms with Crippen LogP contribution >= 0.6 is 15.9 Å². The van der Waals surface area contributed by atoms with Crippen LogP contribution in [0.5, 0.6) is 11.6 Å². The zero-order chi connectivity index (χ0) is 14.7. The minimum atomic E-state index is -0.542. The molecular weight excluding hydrogens is 330 g/mol. The lowest BCUT2D eigenvalue weighted by Gasteiger charge is -2.09. The van der Waals surface area contributed by atoms with Gasteiger partial charge in [0, 0.05) is 18.5 Å². The van der Waals surface area contributed by atoms with Crippen molar-refractivity contribution in [3.8, 4) is 11.6 Å². The molecule has 1 heterocycles. The van der Waals surface area contributed by atoms with Gasteiger partial charge >= 0.3 is 0 Å². The second-order valence-corrected chi connectivity index (χ2v) is 4.37. The molecule has 9 heteroatoms. The fraction of sp³-hybridized carbons (Fsp3) is 0. The average Bonchev–Trinajstić information content (AvgIpc) is 2.41. The van der Waals surface area contributed by atoms with E-state index in [1.54, 1.807) is 0 Å². The van der Waals surface area contributed by atoms with E-state index in [0.29, 0.717) is 0 Å². The van der Waals surface area contributed by atoms with Gasteiger partial charge in [-0.15, -0.1) is 0 Å². The number of nitrogens with zero attached hydrogens (tertiary/aromatic N) is 3. The van der Waals surface area contributed by atoms with Crippen LogP contribution in [0.2, 0.25) is 0 Å². The van der Waals surface area contributed by atoms with E-state index >= 15 is 0 Å². The first kappa shape index (κ1) is 13.9. The smallest absolute Gasteiger partial charge is 0.287 e. The molecular formula is C11H8BrN5O3. The summed E-state index contributed by atoms with van der Waals surface area (Å²) in [5, 5.41) is 18.2. The summed E-state index contributed by atoms with van der Waals surface area (Å²) < 4.78 is 5.62. The summed E-state index contributed by atoms with van der Waals surface area (Å²) in [5.74, 6) is -0.127. The van der Waals surface area contributed by atoms with E-state index in [9.17, 15) is 10.1 Å². The summed E-state index contributed by atoms with van der Waals surface area (Å²) in [6.45, 7) is 0. The molecule has 0 fully saturated rings. The van der Waals surface area contributed by atoms with Crippen molar-refractivity contribution in [2.45, 2.75) is 0 Å². The minimum absolute atomic E-state index is 0.00111. The highest BCUT2D eigenvalue weighted by Crippen LogP contribution is 2.36. The number of nitrogens with two attached hydrogens (primary N) is 1. The molecule has 20 heavy (non-hydrogen) atoms. The number of nitrogens with one attached hydrogen (secondary N) is 1. The summed E-state index contributed by atoms with van der Waals surface area (Å²) >= 11 is 3.10. The first-order valence-electron chi connectivity index (χ1n) is 5.27. The Morgan fingerprint density at radius 3 is 2.75 bits per heavy atom. The summed E-state index contributed by atoms with van der Waals surface area (Å²) in [6.07, 6.45) is 2.74. The van der Waals surface area contributed by atoms with Gasteiger partial charge in [0.25, 0.3) is 5.69 Å². The van der Waals surface area contributed by atoms with Crippen molar-refractivity contribution < 1.29 is 9.66 Å². The van der Waals surface area contributed by atoms with Crippen molar-refractivity contribution in [2.24, 2.45) is 5.73 Å². The van der Waals surface area contributed by atoms with E-state index in [4.69, 9.17) is 15.9 Å². The number of halogens is 1. The van der Waals surface area contributed by atoms with Gasteiger partial charge in [-0.05, 0) is 22.0 Å². The van der Waals surface area contributed by atoms with Crippen molar-refractivity contribution in [2.75, 3.05) is 0 Å². The van der Waals surface area contributed by atoms with Crippen molar-refractivity contribution in [1.82, 2.24) is 9.97 Å². The molecule has 0 amide bonds. The van der Waals surface area contributed by atoms with E-state index in [1.165, 1.54) is 30.6 Å². The molecule has 1 aromatic carbocycles. The molecule has 0 atom stereocenters. The molecule has 2 rings (SSSR count). The number of nitrogen functional groups attached to an aromatic ring is 1. The highest BCUT2D eigenvalue weighted by molar-refractivity contribution is 9.10. The quantitative estimate of drug-likeness (QED) is 0.381. The number of amidine groups is 1. The molecule has 3 N–H and O–H groups in total.